The summed E-state index contributed by atoms with van der Waals surface area (Å²) in [6.07, 6.45) is 0. The standard InChI is InChI=1S/C74H58N4/c1-44-25-45(2)30-58(29-44)54-17-21-68-62(39-54)63-40-55(59-31-46(3)26-47(4)32-59)18-22-69(63)77(68)72-37-52(43-75)38-73(74(72)67-16-12-15-66(76-67)53-13-10-9-11-14-53)78-70-23-19-56(60-33-48(5)27-49(6)34-60)41-64(70)65-42-57(20-24-71(65)78)61-35-50(7)28-51(8)36-61/h9-42H,1-8H3. The minimum absolute atomic E-state index is 0.547. The first-order valence-electron chi connectivity index (χ1n) is 27.0. The molecule has 0 spiro atoms. The molecule has 4 nitrogen and oxygen atoms in total. The highest BCUT2D eigenvalue weighted by Gasteiger charge is 2.26. The number of rotatable bonds is 8. The predicted octanol–water partition coefficient (Wildman–Crippen LogP) is 19.6. The molecule has 0 aliphatic carbocycles. The van der Waals surface area contributed by atoms with E-state index in [1.807, 2.05) is 6.07 Å². The summed E-state index contributed by atoms with van der Waals surface area (Å²) in [6.45, 7) is 17.4. The molecule has 10 aromatic carbocycles. The Morgan fingerprint density at radius 2 is 0.615 bits per heavy atom. The van der Waals surface area contributed by atoms with E-state index in [1.165, 1.54) is 66.8 Å². The second kappa shape index (κ2) is 18.9. The van der Waals surface area contributed by atoms with Crippen molar-refractivity contribution in [1.82, 2.24) is 14.1 Å². The minimum atomic E-state index is 0.547. The fourth-order valence-corrected chi connectivity index (χ4v) is 12.5. The molecule has 374 valence electrons. The molecule has 0 aliphatic rings. The van der Waals surface area contributed by atoms with E-state index in [0.717, 1.165) is 99.8 Å². The summed E-state index contributed by atoms with van der Waals surface area (Å²) in [5.41, 5.74) is 29.2. The van der Waals surface area contributed by atoms with E-state index in [2.05, 4.69) is 271 Å². The van der Waals surface area contributed by atoms with Gasteiger partial charge in [-0.25, -0.2) is 4.98 Å². The van der Waals surface area contributed by atoms with Crippen molar-refractivity contribution in [3.8, 4) is 84.5 Å². The van der Waals surface area contributed by atoms with Gasteiger partial charge in [0.25, 0.3) is 0 Å². The van der Waals surface area contributed by atoms with Crippen molar-refractivity contribution in [2.75, 3.05) is 0 Å². The number of nitrogens with zero attached hydrogens (tertiary/aromatic N) is 4. The third kappa shape index (κ3) is 8.55. The fourth-order valence-electron chi connectivity index (χ4n) is 12.5. The van der Waals surface area contributed by atoms with E-state index < -0.39 is 0 Å². The first-order valence-corrected chi connectivity index (χ1v) is 27.0. The SMILES string of the molecule is Cc1cc(C)cc(-c2ccc3c(c2)c2cc(-c4cc(C)cc(C)c4)ccc2n3-c2cc(C#N)cc(-n3c4ccc(-c5cc(C)cc(C)c5)cc4c4cc(-c5cc(C)cc(C)c5)ccc43)c2-c2cccc(-c3ccccc3)n2)c1. The molecule has 0 bridgehead atoms. The Labute approximate surface area is 456 Å². The van der Waals surface area contributed by atoms with Crippen LogP contribution in [0.3, 0.4) is 0 Å². The molecule has 0 N–H and O–H groups in total. The average molecular weight is 1000 g/mol. The highest BCUT2D eigenvalue weighted by atomic mass is 15.0. The summed E-state index contributed by atoms with van der Waals surface area (Å²) in [7, 11) is 0. The van der Waals surface area contributed by atoms with E-state index in [9.17, 15) is 5.26 Å². The normalized spacial score (nSPS) is 11.6. The van der Waals surface area contributed by atoms with Gasteiger partial charge in [0.05, 0.1) is 56.5 Å². The lowest BCUT2D eigenvalue weighted by atomic mass is 9.97. The number of hydrogen-bond acceptors (Lipinski definition) is 2. The van der Waals surface area contributed by atoms with E-state index in [1.54, 1.807) is 0 Å². The van der Waals surface area contributed by atoms with Gasteiger partial charge in [-0.1, -0.05) is 178 Å². The lowest BCUT2D eigenvalue weighted by Crippen LogP contribution is -2.06. The van der Waals surface area contributed by atoms with E-state index >= 15 is 0 Å². The second-order valence-corrected chi connectivity index (χ2v) is 21.9. The van der Waals surface area contributed by atoms with Crippen LogP contribution >= 0.6 is 0 Å². The average Bonchev–Trinajstić information content (AvgIpc) is 4.17. The quantitative estimate of drug-likeness (QED) is 0.152. The van der Waals surface area contributed by atoms with Gasteiger partial charge < -0.3 is 9.13 Å². The summed E-state index contributed by atoms with van der Waals surface area (Å²) >= 11 is 0. The van der Waals surface area contributed by atoms with Crippen LogP contribution in [0.15, 0.2) is 206 Å². The maximum atomic E-state index is 11.3. The number of aryl methyl sites for hydroxylation is 8. The molecular weight excluding hydrogens is 945 g/mol. The number of benzene rings is 10. The molecule has 3 heterocycles. The van der Waals surface area contributed by atoms with Gasteiger partial charge in [-0.05, 0) is 173 Å². The number of nitriles is 1. The molecule has 4 heteroatoms. The van der Waals surface area contributed by atoms with Crippen molar-refractivity contribution < 1.29 is 0 Å². The highest BCUT2D eigenvalue weighted by molar-refractivity contribution is 6.14. The Hall–Kier alpha value is -9.56. The number of fused-ring (bicyclic) bond motifs is 6. The molecule has 0 aliphatic heterocycles. The van der Waals surface area contributed by atoms with Gasteiger partial charge in [0.1, 0.15) is 0 Å². The summed E-state index contributed by atoms with van der Waals surface area (Å²) in [6, 6.07) is 78.3. The predicted molar refractivity (Wildman–Crippen MR) is 328 cm³/mol. The van der Waals surface area contributed by atoms with Crippen molar-refractivity contribution in [2.24, 2.45) is 0 Å². The van der Waals surface area contributed by atoms with Crippen LogP contribution in [0.2, 0.25) is 0 Å². The number of hydrogen-bond donors (Lipinski definition) is 0. The molecular formula is C74H58N4. The summed E-state index contributed by atoms with van der Waals surface area (Å²) in [4.78, 5) is 5.60. The molecule has 0 amide bonds. The molecule has 0 saturated carbocycles. The van der Waals surface area contributed by atoms with Crippen molar-refractivity contribution in [3.05, 3.63) is 256 Å². The summed E-state index contributed by atoms with van der Waals surface area (Å²) in [5, 5.41) is 15.8. The zero-order chi connectivity index (χ0) is 53.5. The highest BCUT2D eigenvalue weighted by Crippen LogP contribution is 2.45. The van der Waals surface area contributed by atoms with E-state index in [4.69, 9.17) is 4.98 Å². The van der Waals surface area contributed by atoms with Gasteiger partial charge in [-0.15, -0.1) is 0 Å². The van der Waals surface area contributed by atoms with Crippen molar-refractivity contribution >= 4 is 43.6 Å². The first kappa shape index (κ1) is 48.1. The molecule has 3 aromatic heterocycles. The molecule has 0 saturated heterocycles. The topological polar surface area (TPSA) is 46.5 Å². The lowest BCUT2D eigenvalue weighted by Gasteiger charge is -2.21. The van der Waals surface area contributed by atoms with Crippen LogP contribution in [-0.2, 0) is 0 Å². The molecule has 0 atom stereocenters. The Kier molecular flexibility index (Phi) is 11.7. The largest absolute Gasteiger partial charge is 0.308 e. The lowest BCUT2D eigenvalue weighted by molar-refractivity contribution is 1.12. The zero-order valence-corrected chi connectivity index (χ0v) is 45.4. The molecule has 0 unspecified atom stereocenters. The van der Waals surface area contributed by atoms with Gasteiger partial charge in [0.15, 0.2) is 0 Å². The van der Waals surface area contributed by atoms with Crippen LogP contribution in [-0.4, -0.2) is 14.1 Å². The van der Waals surface area contributed by atoms with Gasteiger partial charge in [-0.3, -0.25) is 0 Å². The van der Waals surface area contributed by atoms with E-state index in [-0.39, 0.29) is 0 Å². The second-order valence-electron chi connectivity index (χ2n) is 21.9. The van der Waals surface area contributed by atoms with Crippen LogP contribution in [0.1, 0.15) is 50.1 Å². The smallest absolute Gasteiger partial charge is 0.0993 e. The van der Waals surface area contributed by atoms with Crippen LogP contribution < -0.4 is 0 Å². The maximum Gasteiger partial charge on any atom is 0.0993 e. The maximum absolute atomic E-state index is 11.3. The Morgan fingerprint density at radius 1 is 0.295 bits per heavy atom. The van der Waals surface area contributed by atoms with Crippen LogP contribution in [0, 0.1) is 66.7 Å². The number of aromatic nitrogens is 3. The van der Waals surface area contributed by atoms with Crippen molar-refractivity contribution in [3.63, 3.8) is 0 Å². The Bertz CT molecular complexity index is 4110. The Morgan fingerprint density at radius 3 is 0.936 bits per heavy atom. The third-order valence-electron chi connectivity index (χ3n) is 15.5. The zero-order valence-electron chi connectivity index (χ0n) is 45.4. The van der Waals surface area contributed by atoms with Crippen molar-refractivity contribution in [1.29, 1.82) is 5.26 Å². The fraction of sp³-hybridized carbons (Fsp3) is 0.108. The van der Waals surface area contributed by atoms with E-state index in [0.29, 0.717) is 5.56 Å². The summed E-state index contributed by atoms with van der Waals surface area (Å²) < 4.78 is 4.78. The third-order valence-corrected chi connectivity index (χ3v) is 15.5. The first-order chi connectivity index (χ1) is 37.8. The van der Waals surface area contributed by atoms with Gasteiger partial charge in [-0.2, -0.15) is 5.26 Å². The van der Waals surface area contributed by atoms with Gasteiger partial charge in [0.2, 0.25) is 0 Å². The number of pyridine rings is 1. The van der Waals surface area contributed by atoms with Gasteiger partial charge >= 0.3 is 0 Å². The molecule has 0 radical (unpaired) electrons. The van der Waals surface area contributed by atoms with Crippen LogP contribution in [0.25, 0.3) is 122 Å². The molecule has 13 aromatic rings. The molecule has 13 rings (SSSR count). The minimum Gasteiger partial charge on any atom is -0.308 e. The van der Waals surface area contributed by atoms with Crippen LogP contribution in [0.5, 0.6) is 0 Å². The molecule has 0 fully saturated rings. The summed E-state index contributed by atoms with van der Waals surface area (Å²) in [5.74, 6) is 0. The molecule has 78 heavy (non-hydrogen) atoms. The monoisotopic (exact) mass is 1000 g/mol. The van der Waals surface area contributed by atoms with Gasteiger partial charge in [0, 0.05) is 32.7 Å². The Balaban J connectivity index is 1.16. The van der Waals surface area contributed by atoms with Crippen LogP contribution in [0.4, 0.5) is 0 Å². The van der Waals surface area contributed by atoms with Crippen molar-refractivity contribution in [2.45, 2.75) is 55.4 Å².